The Morgan fingerprint density at radius 2 is 1.87 bits per heavy atom. The molecular formula is C21H24ClN5O3S. The molecule has 2 aromatic heterocycles. The van der Waals surface area contributed by atoms with Crippen LogP contribution < -0.4 is 9.47 Å². The molecule has 0 saturated heterocycles. The Morgan fingerprint density at radius 3 is 2.48 bits per heavy atom. The standard InChI is InChI=1S/C21H24ClN5O3S/c1-5-27(6-2)7-8-31(28)21-25-19(18-13(11-23)12-24-20(18)26-21)14-9-16(29-3)17(30-4)10-15(14)22/h9-10,12H,5-8H2,1-4H3,(H,24,25,26). The lowest BCUT2D eigenvalue weighted by atomic mass is 10.1. The number of aromatic amines is 1. The summed E-state index contributed by atoms with van der Waals surface area (Å²) in [4.78, 5) is 14.2. The van der Waals surface area contributed by atoms with Crippen LogP contribution in [-0.2, 0) is 10.8 Å². The number of nitrogens with zero attached hydrogens (tertiary/aromatic N) is 4. The van der Waals surface area contributed by atoms with E-state index < -0.39 is 10.8 Å². The van der Waals surface area contributed by atoms with E-state index in [1.165, 1.54) is 14.2 Å². The van der Waals surface area contributed by atoms with Crippen LogP contribution in [-0.4, -0.2) is 63.7 Å². The van der Waals surface area contributed by atoms with Gasteiger partial charge < -0.3 is 19.4 Å². The lowest BCUT2D eigenvalue weighted by molar-refractivity contribution is 0.323. The maximum absolute atomic E-state index is 13.0. The number of ether oxygens (including phenoxy) is 2. The monoisotopic (exact) mass is 461 g/mol. The molecule has 8 nitrogen and oxygen atoms in total. The van der Waals surface area contributed by atoms with Gasteiger partial charge in [-0.3, -0.25) is 4.21 Å². The molecular weight excluding hydrogens is 438 g/mol. The molecule has 0 fully saturated rings. The second-order valence-electron chi connectivity index (χ2n) is 6.66. The smallest absolute Gasteiger partial charge is 0.221 e. The van der Waals surface area contributed by atoms with Gasteiger partial charge in [0.05, 0.1) is 46.7 Å². The average Bonchev–Trinajstić information content (AvgIpc) is 3.22. The lowest BCUT2D eigenvalue weighted by Gasteiger charge is -2.17. The molecule has 0 aliphatic heterocycles. The highest BCUT2D eigenvalue weighted by molar-refractivity contribution is 7.84. The molecule has 0 amide bonds. The first-order valence-electron chi connectivity index (χ1n) is 9.79. The normalized spacial score (nSPS) is 12.2. The third-order valence-corrected chi connectivity index (χ3v) is 6.51. The molecule has 10 heteroatoms. The summed E-state index contributed by atoms with van der Waals surface area (Å²) in [6.07, 6.45) is 1.56. The Hall–Kier alpha value is -2.67. The quantitative estimate of drug-likeness (QED) is 0.485. The summed E-state index contributed by atoms with van der Waals surface area (Å²) in [7, 11) is 1.62. The van der Waals surface area contributed by atoms with Gasteiger partial charge in [0.25, 0.3) is 0 Å². The van der Waals surface area contributed by atoms with Gasteiger partial charge in [0, 0.05) is 30.1 Å². The van der Waals surface area contributed by atoms with Gasteiger partial charge in [-0.25, -0.2) is 9.97 Å². The number of methoxy groups -OCH3 is 2. The number of hydrogen-bond acceptors (Lipinski definition) is 7. The molecule has 1 atom stereocenters. The minimum atomic E-state index is -1.43. The number of H-pyrrole nitrogens is 1. The second-order valence-corrected chi connectivity index (χ2v) is 8.53. The first kappa shape index (κ1) is 23.0. The molecule has 1 aromatic carbocycles. The summed E-state index contributed by atoms with van der Waals surface area (Å²) < 4.78 is 23.7. The predicted octanol–water partition coefficient (Wildman–Crippen LogP) is 3.62. The first-order valence-corrected chi connectivity index (χ1v) is 11.5. The van der Waals surface area contributed by atoms with Crippen molar-refractivity contribution in [3.8, 4) is 28.8 Å². The third-order valence-electron chi connectivity index (χ3n) is 5.05. The van der Waals surface area contributed by atoms with Crippen LogP contribution in [0.5, 0.6) is 11.5 Å². The van der Waals surface area contributed by atoms with Crippen molar-refractivity contribution in [3.05, 3.63) is 28.9 Å². The molecule has 31 heavy (non-hydrogen) atoms. The van der Waals surface area contributed by atoms with E-state index in [0.717, 1.165) is 13.1 Å². The van der Waals surface area contributed by atoms with Gasteiger partial charge in [-0.15, -0.1) is 0 Å². The SMILES string of the molecule is CCN(CC)CCS(=O)c1nc(-c2cc(OC)c(OC)cc2Cl)c2c(C#N)c[nH]c2n1. The van der Waals surface area contributed by atoms with Gasteiger partial charge in [-0.2, -0.15) is 5.26 Å². The summed E-state index contributed by atoms with van der Waals surface area (Å²) in [6, 6.07) is 5.46. The zero-order valence-electron chi connectivity index (χ0n) is 17.9. The van der Waals surface area contributed by atoms with Crippen molar-refractivity contribution in [1.82, 2.24) is 19.9 Å². The van der Waals surface area contributed by atoms with Gasteiger partial charge in [0.1, 0.15) is 11.7 Å². The molecule has 0 aliphatic carbocycles. The molecule has 1 unspecified atom stereocenters. The third kappa shape index (κ3) is 4.66. The largest absolute Gasteiger partial charge is 0.493 e. The van der Waals surface area contributed by atoms with E-state index in [-0.39, 0.29) is 5.16 Å². The van der Waals surface area contributed by atoms with Crippen LogP contribution in [0.1, 0.15) is 19.4 Å². The van der Waals surface area contributed by atoms with Gasteiger partial charge in [0.2, 0.25) is 5.16 Å². The van der Waals surface area contributed by atoms with Crippen molar-refractivity contribution in [2.24, 2.45) is 0 Å². The van der Waals surface area contributed by atoms with Gasteiger partial charge in [-0.05, 0) is 19.2 Å². The van der Waals surface area contributed by atoms with Gasteiger partial charge in [-0.1, -0.05) is 25.4 Å². The lowest BCUT2D eigenvalue weighted by Crippen LogP contribution is -2.27. The summed E-state index contributed by atoms with van der Waals surface area (Å²) in [6.45, 7) is 6.55. The van der Waals surface area contributed by atoms with Crippen LogP contribution in [0, 0.1) is 11.3 Å². The number of benzene rings is 1. The molecule has 3 rings (SSSR count). The number of aromatic nitrogens is 3. The second kappa shape index (κ2) is 10.1. The van der Waals surface area contributed by atoms with Crippen molar-refractivity contribution in [2.75, 3.05) is 39.6 Å². The van der Waals surface area contributed by atoms with E-state index in [1.54, 1.807) is 18.3 Å². The van der Waals surface area contributed by atoms with Crippen molar-refractivity contribution >= 4 is 33.4 Å². The first-order chi connectivity index (χ1) is 15.0. The van der Waals surface area contributed by atoms with E-state index in [2.05, 4.69) is 39.8 Å². The minimum Gasteiger partial charge on any atom is -0.493 e. The van der Waals surface area contributed by atoms with E-state index >= 15 is 0 Å². The summed E-state index contributed by atoms with van der Waals surface area (Å²) in [5, 5.41) is 10.6. The number of halogens is 1. The van der Waals surface area contributed by atoms with Crippen LogP contribution >= 0.6 is 11.6 Å². The van der Waals surface area contributed by atoms with E-state index in [1.807, 2.05) is 0 Å². The Balaban J connectivity index is 2.15. The number of nitrogens with one attached hydrogen (secondary N) is 1. The molecule has 0 saturated carbocycles. The van der Waals surface area contributed by atoms with E-state index in [0.29, 0.717) is 56.7 Å². The van der Waals surface area contributed by atoms with Crippen LogP contribution in [0.4, 0.5) is 0 Å². The molecule has 1 N–H and O–H groups in total. The summed E-state index contributed by atoms with van der Waals surface area (Å²) >= 11 is 6.54. The van der Waals surface area contributed by atoms with Crippen LogP contribution in [0.3, 0.4) is 0 Å². The van der Waals surface area contributed by atoms with Crippen molar-refractivity contribution in [3.63, 3.8) is 0 Å². The number of rotatable bonds is 9. The molecule has 3 aromatic rings. The predicted molar refractivity (Wildman–Crippen MR) is 121 cm³/mol. The average molecular weight is 462 g/mol. The number of nitriles is 1. The highest BCUT2D eigenvalue weighted by atomic mass is 35.5. The molecule has 164 valence electrons. The molecule has 0 spiro atoms. The maximum atomic E-state index is 13.0. The Bertz CT molecular complexity index is 1150. The Morgan fingerprint density at radius 1 is 1.19 bits per heavy atom. The molecule has 0 radical (unpaired) electrons. The molecule has 0 bridgehead atoms. The fraction of sp³-hybridized carbons (Fsp3) is 0.381. The fourth-order valence-electron chi connectivity index (χ4n) is 3.28. The summed E-state index contributed by atoms with van der Waals surface area (Å²) in [5.41, 5.74) is 1.75. The highest BCUT2D eigenvalue weighted by Gasteiger charge is 2.22. The fourth-order valence-corrected chi connectivity index (χ4v) is 4.51. The maximum Gasteiger partial charge on any atom is 0.221 e. The highest BCUT2D eigenvalue weighted by Crippen LogP contribution is 2.40. The zero-order valence-corrected chi connectivity index (χ0v) is 19.4. The number of fused-ring (bicyclic) bond motifs is 1. The van der Waals surface area contributed by atoms with Crippen molar-refractivity contribution in [1.29, 1.82) is 5.26 Å². The topological polar surface area (TPSA) is 104 Å². The van der Waals surface area contributed by atoms with Crippen molar-refractivity contribution < 1.29 is 13.7 Å². The van der Waals surface area contributed by atoms with Crippen LogP contribution in [0.15, 0.2) is 23.5 Å². The summed E-state index contributed by atoms with van der Waals surface area (Å²) in [5.74, 6) is 1.34. The van der Waals surface area contributed by atoms with Crippen LogP contribution in [0.2, 0.25) is 5.02 Å². The van der Waals surface area contributed by atoms with E-state index in [4.69, 9.17) is 21.1 Å². The van der Waals surface area contributed by atoms with Crippen molar-refractivity contribution in [2.45, 2.75) is 19.0 Å². The zero-order chi connectivity index (χ0) is 22.5. The Labute approximate surface area is 188 Å². The van der Waals surface area contributed by atoms with Gasteiger partial charge >= 0.3 is 0 Å². The minimum absolute atomic E-state index is 0.187. The molecule has 0 aliphatic rings. The molecule has 2 heterocycles. The number of hydrogen-bond donors (Lipinski definition) is 1. The van der Waals surface area contributed by atoms with E-state index in [9.17, 15) is 9.47 Å². The van der Waals surface area contributed by atoms with Crippen LogP contribution in [0.25, 0.3) is 22.3 Å². The Kier molecular flexibility index (Phi) is 7.49. The van der Waals surface area contributed by atoms with Gasteiger partial charge in [0.15, 0.2) is 11.5 Å².